The van der Waals surface area contributed by atoms with Crippen LogP contribution in [-0.4, -0.2) is 34.2 Å². The minimum Gasteiger partial charge on any atom is -0.462 e. The second kappa shape index (κ2) is 10.1. The molecule has 7 heteroatoms. The Morgan fingerprint density at radius 1 is 1.09 bits per heavy atom. The van der Waals surface area contributed by atoms with Crippen LogP contribution in [0.25, 0.3) is 11.3 Å². The molecule has 0 aliphatic heterocycles. The van der Waals surface area contributed by atoms with Crippen molar-refractivity contribution in [1.82, 2.24) is 15.3 Å². The van der Waals surface area contributed by atoms with Gasteiger partial charge in [0.1, 0.15) is 5.60 Å². The van der Waals surface area contributed by atoms with Crippen molar-refractivity contribution in [2.45, 2.75) is 45.8 Å². The number of aromatic nitrogens is 2. The fourth-order valence-corrected chi connectivity index (χ4v) is 3.33. The number of carbonyl (C=O) groups excluding carboxylic acids is 2. The summed E-state index contributed by atoms with van der Waals surface area (Å²) >= 11 is 0. The van der Waals surface area contributed by atoms with Gasteiger partial charge in [0.05, 0.1) is 18.2 Å². The number of esters is 1. The third kappa shape index (κ3) is 6.20. The molecule has 3 rings (SSSR count). The molecule has 2 heterocycles. The van der Waals surface area contributed by atoms with E-state index in [4.69, 9.17) is 9.47 Å². The summed E-state index contributed by atoms with van der Waals surface area (Å²) in [5.41, 5.74) is 3.05. The topological polar surface area (TPSA) is 93.3 Å². The molecular weight excluding hydrogens is 406 g/mol. The second-order valence-electron chi connectivity index (χ2n) is 8.35. The number of nitrogens with zero attached hydrogens (tertiary/aromatic N) is 1. The van der Waals surface area contributed by atoms with E-state index in [9.17, 15) is 9.59 Å². The number of carbonyl (C=O) groups is 2. The number of pyridine rings is 1. The van der Waals surface area contributed by atoms with Crippen molar-refractivity contribution in [3.63, 3.8) is 0 Å². The minimum absolute atomic E-state index is 0.270. The van der Waals surface area contributed by atoms with Crippen LogP contribution in [0, 0.1) is 0 Å². The van der Waals surface area contributed by atoms with Crippen LogP contribution >= 0.6 is 0 Å². The summed E-state index contributed by atoms with van der Waals surface area (Å²) in [5.74, 6) is -0.414. The molecule has 0 aliphatic carbocycles. The summed E-state index contributed by atoms with van der Waals surface area (Å²) in [6.45, 7) is 7.48. The average molecular weight is 436 g/mol. The molecule has 1 amide bonds. The number of hydrogen-bond donors (Lipinski definition) is 2. The first-order valence-corrected chi connectivity index (χ1v) is 10.6. The molecule has 2 N–H and O–H groups in total. The second-order valence-corrected chi connectivity index (χ2v) is 8.35. The maximum absolute atomic E-state index is 12.7. The SMILES string of the molecule is CCOC(=O)c1cc(-c2ccncc2)[nH]c1C[C@H](NC(=O)OC(C)(C)C)c1ccccc1. The minimum atomic E-state index is -0.623. The number of alkyl carbamates (subject to hydrolysis) is 1. The van der Waals surface area contributed by atoms with Gasteiger partial charge >= 0.3 is 12.1 Å². The molecule has 32 heavy (non-hydrogen) atoms. The van der Waals surface area contributed by atoms with E-state index in [1.165, 1.54) is 0 Å². The standard InChI is InChI=1S/C25H29N3O4/c1-5-31-23(29)19-15-20(18-11-13-26-14-12-18)27-22(19)16-21(17-9-7-6-8-10-17)28-24(30)32-25(2,3)4/h6-15,21,27H,5,16H2,1-4H3,(H,28,30)/t21-/m0/s1. The largest absolute Gasteiger partial charge is 0.462 e. The van der Waals surface area contributed by atoms with Gasteiger partial charge in [0.15, 0.2) is 0 Å². The summed E-state index contributed by atoms with van der Waals surface area (Å²) in [6, 6.07) is 14.7. The van der Waals surface area contributed by atoms with Gasteiger partial charge < -0.3 is 19.8 Å². The Morgan fingerprint density at radius 3 is 2.41 bits per heavy atom. The maximum atomic E-state index is 12.7. The Hall–Kier alpha value is -3.61. The van der Waals surface area contributed by atoms with Gasteiger partial charge in [-0.1, -0.05) is 30.3 Å². The first kappa shape index (κ1) is 23.1. The lowest BCUT2D eigenvalue weighted by Crippen LogP contribution is -2.36. The van der Waals surface area contributed by atoms with Crippen LogP contribution in [0.1, 0.15) is 55.4 Å². The Bertz CT molecular complexity index is 1040. The Kier molecular flexibility index (Phi) is 7.30. The molecule has 1 atom stereocenters. The number of rotatable bonds is 7. The molecule has 7 nitrogen and oxygen atoms in total. The molecule has 2 aromatic heterocycles. The molecule has 0 radical (unpaired) electrons. The van der Waals surface area contributed by atoms with E-state index in [1.54, 1.807) is 25.4 Å². The summed E-state index contributed by atoms with van der Waals surface area (Å²) in [7, 11) is 0. The zero-order valence-electron chi connectivity index (χ0n) is 18.8. The predicted molar refractivity (Wildman–Crippen MR) is 122 cm³/mol. The molecular formula is C25H29N3O4. The van der Waals surface area contributed by atoms with Gasteiger partial charge in [0.2, 0.25) is 0 Å². The van der Waals surface area contributed by atoms with Crippen molar-refractivity contribution in [1.29, 1.82) is 0 Å². The van der Waals surface area contributed by atoms with Crippen molar-refractivity contribution in [3.05, 3.63) is 77.7 Å². The molecule has 0 aliphatic rings. The number of ether oxygens (including phenoxy) is 2. The Morgan fingerprint density at radius 2 is 1.78 bits per heavy atom. The molecule has 0 fully saturated rings. The molecule has 3 aromatic rings. The lowest BCUT2D eigenvalue weighted by Gasteiger charge is -2.24. The first-order valence-electron chi connectivity index (χ1n) is 10.6. The van der Waals surface area contributed by atoms with Gasteiger partial charge in [-0.25, -0.2) is 9.59 Å². The van der Waals surface area contributed by atoms with E-state index in [0.717, 1.165) is 16.8 Å². The van der Waals surface area contributed by atoms with Crippen molar-refractivity contribution < 1.29 is 19.1 Å². The van der Waals surface area contributed by atoms with Crippen LogP contribution < -0.4 is 5.32 Å². The van der Waals surface area contributed by atoms with Gasteiger partial charge in [0, 0.05) is 35.8 Å². The number of aromatic amines is 1. The quantitative estimate of drug-likeness (QED) is 0.506. The molecule has 0 spiro atoms. The average Bonchev–Trinajstić information content (AvgIpc) is 3.17. The van der Waals surface area contributed by atoms with E-state index >= 15 is 0 Å². The summed E-state index contributed by atoms with van der Waals surface area (Å²) in [5, 5.41) is 2.94. The summed E-state index contributed by atoms with van der Waals surface area (Å²) in [4.78, 5) is 32.6. The Balaban J connectivity index is 1.96. The van der Waals surface area contributed by atoms with Gasteiger partial charge in [0.25, 0.3) is 0 Å². The van der Waals surface area contributed by atoms with Crippen LogP contribution in [0.15, 0.2) is 60.9 Å². The lowest BCUT2D eigenvalue weighted by molar-refractivity contribution is 0.0502. The first-order chi connectivity index (χ1) is 15.3. The lowest BCUT2D eigenvalue weighted by atomic mass is 10.0. The number of hydrogen-bond acceptors (Lipinski definition) is 5. The molecule has 0 bridgehead atoms. The smallest absolute Gasteiger partial charge is 0.408 e. The number of H-pyrrole nitrogens is 1. The van der Waals surface area contributed by atoms with E-state index in [0.29, 0.717) is 17.7 Å². The highest BCUT2D eigenvalue weighted by molar-refractivity contribution is 5.92. The normalized spacial score (nSPS) is 12.1. The zero-order valence-corrected chi connectivity index (χ0v) is 18.8. The van der Waals surface area contributed by atoms with Crippen molar-refractivity contribution >= 4 is 12.1 Å². The van der Waals surface area contributed by atoms with Crippen LogP contribution in [0.5, 0.6) is 0 Å². The Labute approximate surface area is 188 Å². The van der Waals surface area contributed by atoms with Crippen molar-refractivity contribution in [2.75, 3.05) is 6.61 Å². The highest BCUT2D eigenvalue weighted by Gasteiger charge is 2.25. The van der Waals surface area contributed by atoms with Crippen LogP contribution in [0.3, 0.4) is 0 Å². The van der Waals surface area contributed by atoms with Gasteiger partial charge in [-0.3, -0.25) is 4.98 Å². The predicted octanol–water partition coefficient (Wildman–Crippen LogP) is 5.06. The number of nitrogens with one attached hydrogen (secondary N) is 2. The van der Waals surface area contributed by atoms with Crippen LogP contribution in [0.4, 0.5) is 4.79 Å². The molecule has 168 valence electrons. The fraction of sp³-hybridized carbons (Fsp3) is 0.320. The number of amides is 1. The maximum Gasteiger partial charge on any atom is 0.408 e. The van der Waals surface area contributed by atoms with Gasteiger partial charge in [-0.2, -0.15) is 0 Å². The number of benzene rings is 1. The van der Waals surface area contributed by atoms with Crippen LogP contribution in [-0.2, 0) is 15.9 Å². The van der Waals surface area contributed by atoms with E-state index in [1.807, 2.05) is 63.2 Å². The van der Waals surface area contributed by atoms with Crippen molar-refractivity contribution in [3.8, 4) is 11.3 Å². The van der Waals surface area contributed by atoms with Gasteiger partial charge in [-0.15, -0.1) is 0 Å². The van der Waals surface area contributed by atoms with Crippen molar-refractivity contribution in [2.24, 2.45) is 0 Å². The molecule has 0 saturated carbocycles. The van der Waals surface area contributed by atoms with E-state index < -0.39 is 23.7 Å². The van der Waals surface area contributed by atoms with E-state index in [-0.39, 0.29) is 6.61 Å². The van der Waals surface area contributed by atoms with Gasteiger partial charge in [-0.05, 0) is 51.5 Å². The zero-order chi connectivity index (χ0) is 23.1. The molecule has 0 unspecified atom stereocenters. The fourth-order valence-electron chi connectivity index (χ4n) is 3.33. The third-order valence-corrected chi connectivity index (χ3v) is 4.69. The monoisotopic (exact) mass is 435 g/mol. The van der Waals surface area contributed by atoms with E-state index in [2.05, 4.69) is 15.3 Å². The molecule has 0 saturated heterocycles. The summed E-state index contributed by atoms with van der Waals surface area (Å²) < 4.78 is 10.7. The third-order valence-electron chi connectivity index (χ3n) is 4.69. The molecule has 1 aromatic carbocycles. The highest BCUT2D eigenvalue weighted by Crippen LogP contribution is 2.27. The highest BCUT2D eigenvalue weighted by atomic mass is 16.6. The summed E-state index contributed by atoms with van der Waals surface area (Å²) in [6.07, 6.45) is 3.21. The van der Waals surface area contributed by atoms with Crippen LogP contribution in [0.2, 0.25) is 0 Å².